The molecule has 11 rings (SSSR count). The highest BCUT2D eigenvalue weighted by atomic mass is 32.1. The summed E-state index contributed by atoms with van der Waals surface area (Å²) >= 11 is 1.44. The fourth-order valence-electron chi connectivity index (χ4n) is 11.7. The van der Waals surface area contributed by atoms with Gasteiger partial charge in [0, 0.05) is 50.6 Å². The van der Waals surface area contributed by atoms with Crippen LogP contribution >= 0.6 is 11.3 Å². The number of nitrogens with one attached hydrogen (secondary N) is 2. The lowest BCUT2D eigenvalue weighted by molar-refractivity contribution is -0.134. The van der Waals surface area contributed by atoms with E-state index in [9.17, 15) is 24.3 Å². The second kappa shape index (κ2) is 21.8. The minimum absolute atomic E-state index is 0.0449. The first-order chi connectivity index (χ1) is 36.1. The molecule has 3 saturated heterocycles. The van der Waals surface area contributed by atoms with Gasteiger partial charge in [0.25, 0.3) is 5.91 Å². The molecule has 0 bridgehead atoms. The predicted molar refractivity (Wildman–Crippen MR) is 287 cm³/mol. The van der Waals surface area contributed by atoms with Gasteiger partial charge in [0.2, 0.25) is 11.8 Å². The molecule has 15 nitrogen and oxygen atoms in total. The molecule has 3 fully saturated rings. The number of hydrogen-bond donors (Lipinski definition) is 3. The van der Waals surface area contributed by atoms with E-state index < -0.39 is 11.9 Å². The number of likely N-dealkylation sites (tertiary alicyclic amines) is 2. The standard InChI is InChI=1S/C58H63N9O6S/c1-64-54-43(9-5-11-45(54)53(63-64)46-19-21-51(68)61-56(46)70)40-24-29-66(30-25-40)33-32-65-27-22-38(23-28-65)35-37-14-17-42(18-15-37)73-34-6-8-41-16-20-50(60-52(41)57(71)72)67-31-26-39-7-4-10-44(47(39)36-67)55(69)62-58-59-48-12-2-3-13-49(48)74-58/h2-5,7,9-18,20,38,40,46H,6,8,19,21-36H2,1H3,(H,71,72)(H,59,62,69)(H,61,68,70). The Hall–Kier alpha value is -7.01. The summed E-state index contributed by atoms with van der Waals surface area (Å²) in [6, 6.07) is 32.2. The van der Waals surface area contributed by atoms with E-state index in [1.807, 2.05) is 71.2 Å². The zero-order valence-corrected chi connectivity index (χ0v) is 42.7. The second-order valence-electron chi connectivity index (χ2n) is 20.5. The summed E-state index contributed by atoms with van der Waals surface area (Å²) in [4.78, 5) is 67.1. The average Bonchev–Trinajstić information content (AvgIpc) is 3.99. The fourth-order valence-corrected chi connectivity index (χ4v) is 12.6. The third-order valence-electron chi connectivity index (χ3n) is 15.8. The van der Waals surface area contributed by atoms with Crippen molar-refractivity contribution in [1.82, 2.24) is 34.9 Å². The van der Waals surface area contributed by atoms with Crippen molar-refractivity contribution >= 4 is 67.1 Å². The van der Waals surface area contributed by atoms with Crippen LogP contribution in [0.3, 0.4) is 0 Å². The monoisotopic (exact) mass is 1010 g/mol. The number of piperidine rings is 3. The number of anilines is 2. The fraction of sp³-hybridized carbons (Fsp3) is 0.397. The molecule has 0 saturated carbocycles. The molecule has 7 heterocycles. The third kappa shape index (κ3) is 10.8. The Balaban J connectivity index is 0.602. The molecule has 74 heavy (non-hydrogen) atoms. The molecule has 4 aromatic carbocycles. The lowest BCUT2D eigenvalue weighted by Crippen LogP contribution is -2.42. The van der Waals surface area contributed by atoms with Crippen molar-refractivity contribution in [3.05, 3.63) is 142 Å². The number of hydrogen-bond acceptors (Lipinski definition) is 12. The first kappa shape index (κ1) is 49.2. The molecule has 16 heteroatoms. The summed E-state index contributed by atoms with van der Waals surface area (Å²) in [5, 5.41) is 22.1. The number of carboxylic acid groups (broad SMARTS) is 1. The van der Waals surface area contributed by atoms with Gasteiger partial charge in [-0.2, -0.15) is 5.10 Å². The van der Waals surface area contributed by atoms with Gasteiger partial charge in [-0.3, -0.25) is 29.7 Å². The molecule has 3 N–H and O–H groups in total. The van der Waals surface area contributed by atoms with Gasteiger partial charge in [-0.1, -0.05) is 72.0 Å². The molecule has 7 aromatic rings. The lowest BCUT2D eigenvalue weighted by atomic mass is 9.86. The van der Waals surface area contributed by atoms with E-state index in [0.29, 0.717) is 85.7 Å². The van der Waals surface area contributed by atoms with Crippen molar-refractivity contribution in [3.8, 4) is 5.75 Å². The number of rotatable bonds is 16. The summed E-state index contributed by atoms with van der Waals surface area (Å²) in [5.74, 6) is 0.371. The number of aromatic carboxylic acids is 1. The van der Waals surface area contributed by atoms with E-state index in [2.05, 4.69) is 72.9 Å². The zero-order chi connectivity index (χ0) is 50.7. The SMILES string of the molecule is Cn1nc(C2CCC(=O)NC2=O)c2cccc(C3CCN(CCN4CCC(Cc5ccc(OCCCc6ccc(N7CCc8cccc(C(=O)Nc9nc%10ccccc%10s9)c8C7)nc6C(=O)O)cc5)CC4)CC3)c21. The van der Waals surface area contributed by atoms with Gasteiger partial charge in [0.1, 0.15) is 11.6 Å². The van der Waals surface area contributed by atoms with Crippen LogP contribution in [-0.4, -0.2) is 111 Å². The maximum Gasteiger partial charge on any atom is 0.354 e. The molecule has 4 aliphatic rings. The molecule has 4 aliphatic heterocycles. The van der Waals surface area contributed by atoms with Crippen LogP contribution in [0.25, 0.3) is 21.1 Å². The maximum atomic E-state index is 13.6. The molecule has 382 valence electrons. The number of thiazole rings is 1. The van der Waals surface area contributed by atoms with Crippen molar-refractivity contribution in [3.63, 3.8) is 0 Å². The number of fused-ring (bicyclic) bond motifs is 3. The molecular weight excluding hydrogens is 951 g/mol. The quantitative estimate of drug-likeness (QED) is 0.0621. The first-order valence-electron chi connectivity index (χ1n) is 26.3. The number of para-hydroxylation sites is 2. The summed E-state index contributed by atoms with van der Waals surface area (Å²) < 4.78 is 9.08. The molecule has 1 atom stereocenters. The Kier molecular flexibility index (Phi) is 14.5. The highest BCUT2D eigenvalue weighted by molar-refractivity contribution is 7.22. The Morgan fingerprint density at radius 3 is 2.36 bits per heavy atom. The van der Waals surface area contributed by atoms with E-state index in [0.717, 1.165) is 102 Å². The number of carbonyl (C=O) groups excluding carboxylic acids is 3. The summed E-state index contributed by atoms with van der Waals surface area (Å²) in [6.45, 7) is 8.13. The molecular formula is C58H63N9O6S. The Bertz CT molecular complexity index is 3180. The van der Waals surface area contributed by atoms with Crippen LogP contribution in [0.5, 0.6) is 5.75 Å². The number of carbonyl (C=O) groups is 4. The molecule has 0 spiro atoms. The van der Waals surface area contributed by atoms with E-state index >= 15 is 0 Å². The van der Waals surface area contributed by atoms with Crippen LogP contribution in [0.4, 0.5) is 10.9 Å². The van der Waals surface area contributed by atoms with Crippen molar-refractivity contribution in [2.45, 2.75) is 82.6 Å². The third-order valence-corrected chi connectivity index (χ3v) is 16.7. The van der Waals surface area contributed by atoms with Crippen LogP contribution in [-0.2, 0) is 42.4 Å². The number of nitrogens with zero attached hydrogens (tertiary/aromatic N) is 7. The van der Waals surface area contributed by atoms with E-state index in [1.54, 1.807) is 0 Å². The van der Waals surface area contributed by atoms with Gasteiger partial charge in [-0.15, -0.1) is 0 Å². The minimum atomic E-state index is -1.06. The van der Waals surface area contributed by atoms with E-state index in [4.69, 9.17) is 9.84 Å². The average molecular weight is 1010 g/mol. The number of amides is 3. The Morgan fingerprint density at radius 2 is 1.59 bits per heavy atom. The summed E-state index contributed by atoms with van der Waals surface area (Å²) in [6.07, 6.45) is 8.37. The van der Waals surface area contributed by atoms with Crippen molar-refractivity contribution in [2.75, 3.05) is 62.6 Å². The van der Waals surface area contributed by atoms with Crippen molar-refractivity contribution < 1.29 is 29.0 Å². The normalized spacial score (nSPS) is 18.2. The van der Waals surface area contributed by atoms with Crippen LogP contribution in [0.2, 0.25) is 0 Å². The van der Waals surface area contributed by atoms with Crippen molar-refractivity contribution in [2.24, 2.45) is 13.0 Å². The van der Waals surface area contributed by atoms with Gasteiger partial charge in [0.05, 0.1) is 34.0 Å². The highest BCUT2D eigenvalue weighted by Crippen LogP contribution is 2.38. The lowest BCUT2D eigenvalue weighted by Gasteiger charge is -2.36. The number of pyridine rings is 1. The molecule has 0 radical (unpaired) electrons. The van der Waals surface area contributed by atoms with Crippen LogP contribution in [0.15, 0.2) is 97.1 Å². The smallest absolute Gasteiger partial charge is 0.354 e. The Morgan fingerprint density at radius 1 is 0.824 bits per heavy atom. The van der Waals surface area contributed by atoms with Gasteiger partial charge < -0.3 is 24.5 Å². The number of aryl methyl sites for hydroxylation is 2. The predicted octanol–water partition coefficient (Wildman–Crippen LogP) is 8.76. The van der Waals surface area contributed by atoms with Crippen LogP contribution in [0.1, 0.15) is 111 Å². The maximum absolute atomic E-state index is 13.6. The highest BCUT2D eigenvalue weighted by Gasteiger charge is 2.33. The molecule has 0 aliphatic carbocycles. The topological polar surface area (TPSA) is 175 Å². The first-order valence-corrected chi connectivity index (χ1v) is 27.1. The van der Waals surface area contributed by atoms with Gasteiger partial charge in [0.15, 0.2) is 10.8 Å². The van der Waals surface area contributed by atoms with Gasteiger partial charge >= 0.3 is 5.97 Å². The minimum Gasteiger partial charge on any atom is -0.494 e. The number of imide groups is 1. The number of carboxylic acids is 1. The van der Waals surface area contributed by atoms with Crippen molar-refractivity contribution in [1.29, 1.82) is 0 Å². The molecule has 3 amide bonds. The number of aromatic nitrogens is 4. The zero-order valence-electron chi connectivity index (χ0n) is 41.9. The summed E-state index contributed by atoms with van der Waals surface area (Å²) in [7, 11) is 1.97. The van der Waals surface area contributed by atoms with Crippen LogP contribution in [0, 0.1) is 5.92 Å². The van der Waals surface area contributed by atoms with E-state index in [1.165, 1.54) is 35.3 Å². The second-order valence-corrected chi connectivity index (χ2v) is 21.5. The Labute approximate surface area is 434 Å². The largest absolute Gasteiger partial charge is 0.494 e. The van der Waals surface area contributed by atoms with Crippen LogP contribution < -0.4 is 20.3 Å². The number of ether oxygens (including phenoxy) is 1. The molecule has 1 unspecified atom stereocenters. The summed E-state index contributed by atoms with van der Waals surface area (Å²) in [5.41, 5.74) is 8.67. The van der Waals surface area contributed by atoms with E-state index in [-0.39, 0.29) is 23.4 Å². The van der Waals surface area contributed by atoms with Gasteiger partial charge in [-0.05, 0) is 160 Å². The molecule has 3 aromatic heterocycles. The number of benzene rings is 4. The van der Waals surface area contributed by atoms with Gasteiger partial charge in [-0.25, -0.2) is 14.8 Å².